The number of fused-ring (bicyclic) bond motifs is 3. The van der Waals surface area contributed by atoms with E-state index >= 15 is 4.39 Å². The molecule has 0 aromatic heterocycles. The van der Waals surface area contributed by atoms with Gasteiger partial charge in [-0.15, -0.1) is 0 Å². The van der Waals surface area contributed by atoms with Gasteiger partial charge < -0.3 is 10.5 Å². The average molecular weight is 435 g/mol. The first kappa shape index (κ1) is 20.9. The van der Waals surface area contributed by atoms with Gasteiger partial charge in [-0.25, -0.2) is 19.3 Å². The van der Waals surface area contributed by atoms with Crippen molar-refractivity contribution in [3.05, 3.63) is 59.2 Å². The van der Waals surface area contributed by atoms with Crippen molar-refractivity contribution in [2.45, 2.75) is 50.6 Å². The summed E-state index contributed by atoms with van der Waals surface area (Å²) in [5.41, 5.74) is 9.44. The van der Waals surface area contributed by atoms with Crippen LogP contribution in [0.1, 0.15) is 49.3 Å². The molecule has 2 aromatic carbocycles. The normalized spacial score (nSPS) is 31.1. The molecular formula is C25H27FN4O2. The zero-order valence-electron chi connectivity index (χ0n) is 18.4. The van der Waals surface area contributed by atoms with E-state index in [0.717, 1.165) is 28.7 Å². The second kappa shape index (κ2) is 7.29. The highest BCUT2D eigenvalue weighted by Gasteiger charge is 2.64. The molecule has 1 saturated carbocycles. The van der Waals surface area contributed by atoms with Crippen molar-refractivity contribution in [2.75, 3.05) is 13.7 Å². The molecule has 2 aliphatic carbocycles. The molecule has 1 atom stereocenters. The number of hydrogen-bond acceptors (Lipinski definition) is 6. The summed E-state index contributed by atoms with van der Waals surface area (Å²) in [6, 6.07) is 16.0. The van der Waals surface area contributed by atoms with Crippen LogP contribution in [0.3, 0.4) is 0 Å². The largest absolute Gasteiger partial charge is 0.368 e. The molecule has 0 amide bonds. The second-order valence-electron chi connectivity index (χ2n) is 9.04. The highest BCUT2D eigenvalue weighted by Crippen LogP contribution is 2.63. The lowest BCUT2D eigenvalue weighted by Crippen LogP contribution is -2.48. The molecule has 0 saturated heterocycles. The van der Waals surface area contributed by atoms with E-state index in [4.69, 9.17) is 20.3 Å². The van der Waals surface area contributed by atoms with Crippen molar-refractivity contribution in [2.24, 2.45) is 16.1 Å². The maximum atomic E-state index is 15.2. The van der Waals surface area contributed by atoms with Crippen LogP contribution in [0.25, 0.3) is 11.1 Å². The fourth-order valence-electron chi connectivity index (χ4n) is 5.61. The third kappa shape index (κ3) is 3.01. The minimum atomic E-state index is -1.60. The number of guanidine groups is 1. The van der Waals surface area contributed by atoms with Gasteiger partial charge in [-0.1, -0.05) is 24.3 Å². The van der Waals surface area contributed by atoms with Crippen LogP contribution >= 0.6 is 0 Å². The third-order valence-electron chi connectivity index (χ3n) is 7.27. The summed E-state index contributed by atoms with van der Waals surface area (Å²) in [5, 5.41) is 10.8. The highest BCUT2D eigenvalue weighted by molar-refractivity contribution is 5.79. The topological polar surface area (TPSA) is 83.9 Å². The third-order valence-corrected chi connectivity index (χ3v) is 7.27. The molecule has 5 rings (SSSR count). The maximum absolute atomic E-state index is 15.2. The van der Waals surface area contributed by atoms with Gasteiger partial charge in [0.2, 0.25) is 17.5 Å². The van der Waals surface area contributed by atoms with Crippen LogP contribution < -0.4 is 5.73 Å². The van der Waals surface area contributed by atoms with Crippen LogP contribution in [0, 0.1) is 16.7 Å². The molecule has 2 aromatic rings. The fourth-order valence-corrected chi connectivity index (χ4v) is 5.61. The van der Waals surface area contributed by atoms with Gasteiger partial charge in [-0.05, 0) is 61.1 Å². The van der Waals surface area contributed by atoms with Gasteiger partial charge in [-0.3, -0.25) is 0 Å². The van der Waals surface area contributed by atoms with Crippen LogP contribution in [0.15, 0.2) is 47.5 Å². The van der Waals surface area contributed by atoms with Crippen molar-refractivity contribution in [3.63, 3.8) is 0 Å². The molecule has 32 heavy (non-hydrogen) atoms. The number of alkyl halides is 1. The zero-order valence-corrected chi connectivity index (χ0v) is 18.4. The summed E-state index contributed by atoms with van der Waals surface area (Å²) >= 11 is 0. The average Bonchev–Trinajstić information content (AvgIpc) is 3.24. The predicted octanol–water partition coefficient (Wildman–Crippen LogP) is 4.39. The van der Waals surface area contributed by atoms with Crippen molar-refractivity contribution < 1.29 is 14.0 Å². The molecule has 1 heterocycles. The van der Waals surface area contributed by atoms with Gasteiger partial charge in [0, 0.05) is 37.5 Å². The Balaban J connectivity index is 1.59. The van der Waals surface area contributed by atoms with Crippen molar-refractivity contribution in [1.29, 1.82) is 5.26 Å². The molecule has 3 aliphatic rings. The molecule has 1 unspecified atom stereocenters. The Morgan fingerprint density at radius 3 is 2.59 bits per heavy atom. The molecule has 2 N–H and O–H groups in total. The smallest absolute Gasteiger partial charge is 0.220 e. The van der Waals surface area contributed by atoms with Crippen LogP contribution in [-0.2, 0) is 21.7 Å². The molecule has 2 spiro atoms. The molecule has 6 nitrogen and oxygen atoms in total. The number of benzene rings is 2. The number of ether oxygens (including phenoxy) is 1. The van der Waals surface area contributed by atoms with Crippen molar-refractivity contribution in [1.82, 2.24) is 5.06 Å². The van der Waals surface area contributed by atoms with Gasteiger partial charge in [0.1, 0.15) is 0 Å². The zero-order chi connectivity index (χ0) is 22.6. The number of nitrogens with two attached hydrogens (primary N) is 1. The van der Waals surface area contributed by atoms with Gasteiger partial charge in [0.05, 0.1) is 11.6 Å². The first-order valence-corrected chi connectivity index (χ1v) is 11.1. The standard InChI is InChI=1S/C25H27FN4O2/c1-3-31-24(26)11-9-23(10-12-24)15-20-8-7-19(18-6-4-5-17(13-18)16-27)14-21(20)25(23)29-22(28)30(2)32-25/h4-8,13-14H,3,9-12,15H2,1-2H3,(H2,28,29). The lowest BCUT2D eigenvalue weighted by molar-refractivity contribution is -0.251. The summed E-state index contributed by atoms with van der Waals surface area (Å²) < 4.78 is 20.6. The van der Waals surface area contributed by atoms with E-state index in [-0.39, 0.29) is 0 Å². The maximum Gasteiger partial charge on any atom is 0.220 e. The van der Waals surface area contributed by atoms with E-state index in [9.17, 15) is 5.26 Å². The van der Waals surface area contributed by atoms with Crippen LogP contribution in [-0.4, -0.2) is 30.5 Å². The van der Waals surface area contributed by atoms with E-state index in [2.05, 4.69) is 24.3 Å². The van der Waals surface area contributed by atoms with E-state index in [1.54, 1.807) is 13.1 Å². The Hall–Kier alpha value is -2.95. The van der Waals surface area contributed by atoms with Gasteiger partial charge in [-0.2, -0.15) is 5.26 Å². The highest BCUT2D eigenvalue weighted by atomic mass is 19.2. The van der Waals surface area contributed by atoms with Crippen LogP contribution in [0.4, 0.5) is 4.39 Å². The van der Waals surface area contributed by atoms with E-state index in [1.165, 1.54) is 5.06 Å². The Morgan fingerprint density at radius 2 is 1.94 bits per heavy atom. The SMILES string of the molecule is CCOC1(F)CCC2(CC1)Cc1ccc(-c3cccc(C#N)c3)cc1C21N=C(N)N(C)O1. The van der Waals surface area contributed by atoms with Crippen LogP contribution in [0.2, 0.25) is 0 Å². The molecular weight excluding hydrogens is 407 g/mol. The number of nitrogens with zero attached hydrogens (tertiary/aromatic N) is 3. The van der Waals surface area contributed by atoms with Gasteiger partial charge in [0.15, 0.2) is 0 Å². The van der Waals surface area contributed by atoms with E-state index in [0.29, 0.717) is 43.8 Å². The molecule has 0 bridgehead atoms. The summed E-state index contributed by atoms with van der Waals surface area (Å²) in [5.74, 6) is -1.28. The number of nitriles is 1. The van der Waals surface area contributed by atoms with Gasteiger partial charge >= 0.3 is 0 Å². The summed E-state index contributed by atoms with van der Waals surface area (Å²) in [4.78, 5) is 11.3. The summed E-state index contributed by atoms with van der Waals surface area (Å²) in [7, 11) is 1.75. The number of hydrogen-bond donors (Lipinski definition) is 1. The monoisotopic (exact) mass is 434 g/mol. The lowest BCUT2D eigenvalue weighted by atomic mass is 9.66. The van der Waals surface area contributed by atoms with E-state index < -0.39 is 17.0 Å². The Kier molecular flexibility index (Phi) is 4.77. The summed E-state index contributed by atoms with van der Waals surface area (Å²) in [6.07, 6.45) is 2.52. The quantitative estimate of drug-likeness (QED) is 0.775. The number of rotatable bonds is 3. The Morgan fingerprint density at radius 1 is 1.19 bits per heavy atom. The first-order chi connectivity index (χ1) is 15.3. The van der Waals surface area contributed by atoms with Gasteiger partial charge in [0.25, 0.3) is 0 Å². The molecule has 1 fully saturated rings. The number of halogens is 1. The molecule has 7 heteroatoms. The Bertz CT molecular complexity index is 1130. The van der Waals surface area contributed by atoms with E-state index in [1.807, 2.05) is 25.1 Å². The predicted molar refractivity (Wildman–Crippen MR) is 119 cm³/mol. The molecule has 0 radical (unpaired) electrons. The fraction of sp³-hybridized carbons (Fsp3) is 0.440. The molecule has 166 valence electrons. The molecule has 1 aliphatic heterocycles. The van der Waals surface area contributed by atoms with Crippen molar-refractivity contribution >= 4 is 5.96 Å². The first-order valence-electron chi connectivity index (χ1n) is 11.1. The Labute approximate surface area is 187 Å². The summed E-state index contributed by atoms with van der Waals surface area (Å²) in [6.45, 7) is 2.17. The number of aliphatic imine (C=N–C) groups is 1. The minimum Gasteiger partial charge on any atom is -0.368 e. The second-order valence-corrected chi connectivity index (χ2v) is 9.04. The lowest BCUT2D eigenvalue weighted by Gasteiger charge is -2.46. The minimum absolute atomic E-state index is 0.302. The number of hydroxylamine groups is 2. The van der Waals surface area contributed by atoms with Crippen molar-refractivity contribution in [3.8, 4) is 17.2 Å². The van der Waals surface area contributed by atoms with Crippen LogP contribution in [0.5, 0.6) is 0 Å².